The van der Waals surface area contributed by atoms with Crippen molar-refractivity contribution in [3.8, 4) is 0 Å². The van der Waals surface area contributed by atoms with E-state index in [0.29, 0.717) is 0 Å². The van der Waals surface area contributed by atoms with Crippen LogP contribution in [0.5, 0.6) is 0 Å². The van der Waals surface area contributed by atoms with Gasteiger partial charge >= 0.3 is 0 Å². The Kier molecular flexibility index (Phi) is 4.31. The van der Waals surface area contributed by atoms with E-state index in [1.807, 2.05) is 0 Å². The van der Waals surface area contributed by atoms with Crippen molar-refractivity contribution in [2.75, 3.05) is 6.61 Å². The molecule has 0 amide bonds. The zero-order chi connectivity index (χ0) is 14.2. The van der Waals surface area contributed by atoms with Crippen LogP contribution in [0.2, 0.25) is 18.1 Å². The summed E-state index contributed by atoms with van der Waals surface area (Å²) in [5.74, 6) is 0. The highest BCUT2D eigenvalue weighted by Gasteiger charge is 2.45. The van der Waals surface area contributed by atoms with E-state index in [9.17, 15) is 5.11 Å². The first-order chi connectivity index (χ1) is 8.04. The predicted molar refractivity (Wildman–Crippen MR) is 80.2 cm³/mol. The quantitative estimate of drug-likeness (QED) is 0.621. The molecule has 0 spiro atoms. The van der Waals surface area contributed by atoms with Crippen LogP contribution in [0.4, 0.5) is 0 Å². The van der Waals surface area contributed by atoms with Gasteiger partial charge < -0.3 is 9.53 Å². The zero-order valence-corrected chi connectivity index (χ0v) is 13.7. The second-order valence-electron chi connectivity index (χ2n) is 7.11. The van der Waals surface area contributed by atoms with Crippen molar-refractivity contribution in [3.05, 3.63) is 24.3 Å². The highest BCUT2D eigenvalue weighted by molar-refractivity contribution is 6.74. The number of rotatable bonds is 3. The van der Waals surface area contributed by atoms with Crippen LogP contribution >= 0.6 is 0 Å². The topological polar surface area (TPSA) is 29.5 Å². The summed E-state index contributed by atoms with van der Waals surface area (Å²) >= 11 is 0. The molecule has 1 N–H and O–H groups in total. The van der Waals surface area contributed by atoms with Crippen LogP contribution in [0.15, 0.2) is 24.3 Å². The van der Waals surface area contributed by atoms with Crippen molar-refractivity contribution in [2.45, 2.75) is 58.4 Å². The summed E-state index contributed by atoms with van der Waals surface area (Å²) in [6, 6.07) is 0. The van der Waals surface area contributed by atoms with Gasteiger partial charge in [-0.15, -0.1) is 0 Å². The lowest BCUT2D eigenvalue weighted by Gasteiger charge is -2.46. The number of allylic oxidation sites excluding steroid dienone is 1. The molecule has 2 unspecified atom stereocenters. The molecule has 0 bridgehead atoms. The van der Waals surface area contributed by atoms with Crippen molar-refractivity contribution in [3.63, 3.8) is 0 Å². The van der Waals surface area contributed by atoms with Gasteiger partial charge in [0.05, 0.1) is 12.7 Å². The van der Waals surface area contributed by atoms with Gasteiger partial charge in [0.25, 0.3) is 0 Å². The van der Waals surface area contributed by atoms with Gasteiger partial charge in [0, 0.05) is 5.41 Å². The molecule has 3 heteroatoms. The van der Waals surface area contributed by atoms with Crippen LogP contribution in [-0.4, -0.2) is 26.1 Å². The van der Waals surface area contributed by atoms with Crippen LogP contribution in [0.3, 0.4) is 0 Å². The molecule has 1 rings (SSSR count). The molecule has 0 aromatic heterocycles. The summed E-state index contributed by atoms with van der Waals surface area (Å²) in [4.78, 5) is 0. The van der Waals surface area contributed by atoms with E-state index in [1.54, 1.807) is 0 Å². The maximum absolute atomic E-state index is 9.73. The summed E-state index contributed by atoms with van der Waals surface area (Å²) in [6.07, 6.45) is 5.00. The van der Waals surface area contributed by atoms with E-state index in [4.69, 9.17) is 4.43 Å². The fourth-order valence-corrected chi connectivity index (χ4v) is 3.17. The first kappa shape index (κ1) is 15.7. The number of aliphatic hydroxyl groups is 1. The van der Waals surface area contributed by atoms with Gasteiger partial charge in [-0.05, 0) is 24.6 Å². The Morgan fingerprint density at radius 3 is 2.50 bits per heavy atom. The van der Waals surface area contributed by atoms with Gasteiger partial charge in [-0.2, -0.15) is 0 Å². The Morgan fingerprint density at radius 1 is 1.50 bits per heavy atom. The summed E-state index contributed by atoms with van der Waals surface area (Å²) in [7, 11) is -1.83. The van der Waals surface area contributed by atoms with Gasteiger partial charge in [-0.1, -0.05) is 52.0 Å². The maximum atomic E-state index is 9.73. The molecule has 0 radical (unpaired) electrons. The monoisotopic (exact) mass is 268 g/mol. The average molecular weight is 268 g/mol. The van der Waals surface area contributed by atoms with Crippen molar-refractivity contribution >= 4 is 8.32 Å². The minimum atomic E-state index is -1.83. The molecule has 0 heterocycles. The molecule has 0 aromatic carbocycles. The Labute approximate surface area is 113 Å². The van der Waals surface area contributed by atoms with Crippen LogP contribution in [-0.2, 0) is 4.43 Å². The Bertz CT molecular complexity index is 352. The van der Waals surface area contributed by atoms with E-state index in [-0.39, 0.29) is 23.2 Å². The molecule has 18 heavy (non-hydrogen) atoms. The largest absolute Gasteiger partial charge is 0.410 e. The molecule has 2 atom stereocenters. The molecule has 1 aliphatic carbocycles. The summed E-state index contributed by atoms with van der Waals surface area (Å²) in [6.45, 7) is 17.4. The van der Waals surface area contributed by atoms with E-state index < -0.39 is 8.32 Å². The summed E-state index contributed by atoms with van der Waals surface area (Å²) in [5.41, 5.74) is 0.723. The average Bonchev–Trinajstić information content (AvgIpc) is 2.23. The normalized spacial score (nSPS) is 29.7. The van der Waals surface area contributed by atoms with Gasteiger partial charge in [-0.3, -0.25) is 0 Å². The van der Waals surface area contributed by atoms with Crippen molar-refractivity contribution in [1.82, 2.24) is 0 Å². The van der Waals surface area contributed by atoms with Gasteiger partial charge in [0.1, 0.15) is 0 Å². The lowest BCUT2D eigenvalue weighted by Crippen LogP contribution is -2.50. The second-order valence-corrected chi connectivity index (χ2v) is 11.9. The highest BCUT2D eigenvalue weighted by Crippen LogP contribution is 2.43. The van der Waals surface area contributed by atoms with E-state index in [1.165, 1.54) is 0 Å². The molecular weight excluding hydrogens is 240 g/mol. The number of hydrogen-bond acceptors (Lipinski definition) is 2. The minimum absolute atomic E-state index is 0.0513. The van der Waals surface area contributed by atoms with Gasteiger partial charge in [0.15, 0.2) is 8.32 Å². The summed E-state index contributed by atoms with van der Waals surface area (Å²) < 4.78 is 6.45. The Hall–Kier alpha value is -0.383. The van der Waals surface area contributed by atoms with Gasteiger partial charge in [-0.25, -0.2) is 0 Å². The number of aliphatic hydroxyl groups excluding tert-OH is 1. The molecule has 0 saturated heterocycles. The van der Waals surface area contributed by atoms with Crippen molar-refractivity contribution in [2.24, 2.45) is 5.41 Å². The molecule has 0 aromatic rings. The molecule has 2 nitrogen and oxygen atoms in total. The molecule has 0 fully saturated rings. The SMILES string of the molecule is C=C1CC=CC(O[Si](C)(C)C(C)(C)C)C1(C)CO. The van der Waals surface area contributed by atoms with Crippen LogP contribution < -0.4 is 0 Å². The van der Waals surface area contributed by atoms with Crippen molar-refractivity contribution in [1.29, 1.82) is 0 Å². The Balaban J connectivity index is 2.99. The fraction of sp³-hybridized carbons (Fsp3) is 0.733. The highest BCUT2D eigenvalue weighted by atomic mass is 28.4. The first-order valence-electron chi connectivity index (χ1n) is 6.68. The van der Waals surface area contributed by atoms with Crippen molar-refractivity contribution < 1.29 is 9.53 Å². The van der Waals surface area contributed by atoms with Crippen LogP contribution in [0.1, 0.15) is 34.1 Å². The standard InChI is InChI=1S/C15H28O2Si/c1-12-9-8-10-13(15(12,5)11-16)17-18(6,7)14(2,3)4/h8,10,13,16H,1,9,11H2,2-7H3. The van der Waals surface area contributed by atoms with E-state index in [2.05, 4.69) is 59.5 Å². The first-order valence-corrected chi connectivity index (χ1v) is 9.59. The third kappa shape index (κ3) is 2.78. The number of hydrogen-bond donors (Lipinski definition) is 1. The zero-order valence-electron chi connectivity index (χ0n) is 12.7. The Morgan fingerprint density at radius 2 is 2.06 bits per heavy atom. The van der Waals surface area contributed by atoms with E-state index >= 15 is 0 Å². The third-order valence-corrected chi connectivity index (χ3v) is 9.12. The predicted octanol–water partition coefficient (Wildman–Crippen LogP) is 3.89. The summed E-state index contributed by atoms with van der Waals surface area (Å²) in [5, 5.41) is 9.91. The molecular formula is C15H28O2Si. The smallest absolute Gasteiger partial charge is 0.192 e. The lowest BCUT2D eigenvalue weighted by molar-refractivity contribution is 0.0533. The van der Waals surface area contributed by atoms with Crippen LogP contribution in [0, 0.1) is 5.41 Å². The minimum Gasteiger partial charge on any atom is -0.410 e. The van der Waals surface area contributed by atoms with Crippen LogP contribution in [0.25, 0.3) is 0 Å². The fourth-order valence-electron chi connectivity index (χ4n) is 1.85. The van der Waals surface area contributed by atoms with E-state index in [0.717, 1.165) is 12.0 Å². The second kappa shape index (κ2) is 4.95. The molecule has 0 saturated carbocycles. The molecule has 0 aliphatic heterocycles. The molecule has 104 valence electrons. The molecule has 1 aliphatic rings. The lowest BCUT2D eigenvalue weighted by atomic mass is 9.74. The third-order valence-electron chi connectivity index (χ3n) is 4.67. The van der Waals surface area contributed by atoms with Gasteiger partial charge in [0.2, 0.25) is 0 Å². The maximum Gasteiger partial charge on any atom is 0.192 e.